The largest absolute Gasteiger partial charge is 0.495 e. The summed E-state index contributed by atoms with van der Waals surface area (Å²) in [7, 11) is 1.68. The monoisotopic (exact) mass is 502 g/mol. The molecule has 2 unspecified atom stereocenters. The fraction of sp³-hybridized carbons (Fsp3) is 0.379. The lowest BCUT2D eigenvalue weighted by molar-refractivity contribution is -0.103. The van der Waals surface area contributed by atoms with Gasteiger partial charge in [0, 0.05) is 31.3 Å². The normalized spacial score (nSPS) is 24.5. The summed E-state index contributed by atoms with van der Waals surface area (Å²) < 4.78 is 27.8. The summed E-state index contributed by atoms with van der Waals surface area (Å²) in [6, 6.07) is 12.8. The van der Waals surface area contributed by atoms with Gasteiger partial charge < -0.3 is 23.8 Å². The van der Waals surface area contributed by atoms with Crippen molar-refractivity contribution in [2.24, 2.45) is 5.16 Å². The number of hydrogen-bond donors (Lipinski definition) is 0. The van der Waals surface area contributed by atoms with Crippen LogP contribution in [0.2, 0.25) is 0 Å². The number of amidine groups is 1. The number of aryl methyl sites for hydroxylation is 1. The molecule has 0 aliphatic carbocycles. The molecule has 3 aromatic rings. The minimum absolute atomic E-state index is 0.0689. The Hall–Kier alpha value is -3.65. The fourth-order valence-corrected chi connectivity index (χ4v) is 5.68. The molecule has 1 aromatic heterocycles. The van der Waals surface area contributed by atoms with Crippen LogP contribution in [0.3, 0.4) is 0 Å². The first-order chi connectivity index (χ1) is 18.0. The highest BCUT2D eigenvalue weighted by Gasteiger charge is 2.46. The first-order valence-electron chi connectivity index (χ1n) is 12.8. The van der Waals surface area contributed by atoms with E-state index in [4.69, 9.17) is 14.3 Å². The average molecular weight is 503 g/mol. The zero-order valence-corrected chi connectivity index (χ0v) is 21.2. The van der Waals surface area contributed by atoms with Gasteiger partial charge in [-0.25, -0.2) is 9.37 Å². The SMILES string of the molecule is COc1cc(/C=C2\CC3(CCCCO3)CN3C2=NOCC3c2ccc(F)cc2)ccc1-n1cnc(C)c1. The zero-order valence-electron chi connectivity index (χ0n) is 21.2. The zero-order chi connectivity index (χ0) is 25.4. The van der Waals surface area contributed by atoms with Gasteiger partial charge in [-0.2, -0.15) is 0 Å². The van der Waals surface area contributed by atoms with E-state index in [2.05, 4.69) is 27.2 Å². The molecule has 3 aliphatic rings. The first-order valence-corrected chi connectivity index (χ1v) is 12.8. The van der Waals surface area contributed by atoms with Crippen molar-refractivity contribution in [1.29, 1.82) is 0 Å². The molecule has 192 valence electrons. The molecule has 37 heavy (non-hydrogen) atoms. The third-order valence-corrected chi connectivity index (χ3v) is 7.51. The van der Waals surface area contributed by atoms with Gasteiger partial charge in [-0.3, -0.25) is 0 Å². The van der Waals surface area contributed by atoms with Crippen molar-refractivity contribution in [2.45, 2.75) is 44.2 Å². The van der Waals surface area contributed by atoms with Crippen LogP contribution >= 0.6 is 0 Å². The fourth-order valence-electron chi connectivity index (χ4n) is 5.68. The minimum Gasteiger partial charge on any atom is -0.495 e. The molecular formula is C29H31FN4O3. The number of rotatable bonds is 4. The third-order valence-electron chi connectivity index (χ3n) is 7.51. The van der Waals surface area contributed by atoms with Crippen molar-refractivity contribution >= 4 is 11.9 Å². The van der Waals surface area contributed by atoms with E-state index < -0.39 is 0 Å². The second kappa shape index (κ2) is 9.67. The Morgan fingerprint density at radius 2 is 2.03 bits per heavy atom. The Morgan fingerprint density at radius 1 is 1.16 bits per heavy atom. The number of nitrogens with zero attached hydrogens (tertiary/aromatic N) is 4. The lowest BCUT2D eigenvalue weighted by Crippen LogP contribution is -2.57. The van der Waals surface area contributed by atoms with Crippen LogP contribution < -0.4 is 4.74 Å². The quantitative estimate of drug-likeness (QED) is 0.475. The molecule has 6 rings (SSSR count). The van der Waals surface area contributed by atoms with Gasteiger partial charge in [-0.05, 0) is 67.7 Å². The minimum atomic E-state index is -0.281. The number of methoxy groups -OCH3 is 1. The number of oxime groups is 1. The summed E-state index contributed by atoms with van der Waals surface area (Å²) >= 11 is 0. The van der Waals surface area contributed by atoms with Gasteiger partial charge in [-0.15, -0.1) is 0 Å². The van der Waals surface area contributed by atoms with Crippen LogP contribution in [0.5, 0.6) is 5.75 Å². The van der Waals surface area contributed by atoms with E-state index in [0.717, 1.165) is 78.5 Å². The van der Waals surface area contributed by atoms with Crippen LogP contribution in [0, 0.1) is 12.7 Å². The molecule has 8 heteroatoms. The van der Waals surface area contributed by atoms with Crippen LogP contribution in [0.25, 0.3) is 11.8 Å². The molecule has 0 amide bonds. The van der Waals surface area contributed by atoms with E-state index >= 15 is 0 Å². The Kier molecular flexibility index (Phi) is 6.20. The predicted molar refractivity (Wildman–Crippen MR) is 139 cm³/mol. The molecule has 0 bridgehead atoms. The van der Waals surface area contributed by atoms with E-state index in [1.807, 2.05) is 42.0 Å². The number of aromatic nitrogens is 2. The van der Waals surface area contributed by atoms with Crippen molar-refractivity contribution in [3.63, 3.8) is 0 Å². The van der Waals surface area contributed by atoms with Crippen molar-refractivity contribution < 1.29 is 18.7 Å². The van der Waals surface area contributed by atoms with Gasteiger partial charge in [0.2, 0.25) is 0 Å². The van der Waals surface area contributed by atoms with Gasteiger partial charge in [0.15, 0.2) is 5.84 Å². The smallest absolute Gasteiger partial charge is 0.172 e. The molecular weight excluding hydrogens is 471 g/mol. The molecule has 3 aliphatic heterocycles. The maximum absolute atomic E-state index is 13.7. The molecule has 0 saturated carbocycles. The second-order valence-corrected chi connectivity index (χ2v) is 10.1. The molecule has 0 radical (unpaired) electrons. The highest BCUT2D eigenvalue weighted by atomic mass is 19.1. The molecule has 2 fully saturated rings. The number of ether oxygens (including phenoxy) is 2. The molecule has 1 spiro atoms. The Labute approximate surface area is 216 Å². The van der Waals surface area contributed by atoms with Crippen LogP contribution in [0.1, 0.15) is 48.5 Å². The standard InChI is InChI=1S/C29H31FN4O3/c1-20-16-33(19-31-20)25-10-5-21(14-27(25)35-2)13-23-15-29(11-3-4-12-36-29)18-34-26(17-37-32-28(23)34)22-6-8-24(30)9-7-22/h5-10,13-14,16,19,26H,3-4,11-12,15,17-18H2,1-2H3/b23-13+. The Morgan fingerprint density at radius 3 is 2.76 bits per heavy atom. The number of benzene rings is 2. The maximum Gasteiger partial charge on any atom is 0.172 e. The van der Waals surface area contributed by atoms with E-state index in [9.17, 15) is 4.39 Å². The van der Waals surface area contributed by atoms with Crippen molar-refractivity contribution in [3.8, 4) is 11.4 Å². The van der Waals surface area contributed by atoms with Crippen LogP contribution in [0.15, 0.2) is 65.7 Å². The van der Waals surface area contributed by atoms with Crippen molar-refractivity contribution in [3.05, 3.63) is 83.2 Å². The molecule has 0 N–H and O–H groups in total. The second-order valence-electron chi connectivity index (χ2n) is 10.1. The molecule has 2 saturated heterocycles. The highest BCUT2D eigenvalue weighted by Crippen LogP contribution is 2.42. The Balaban J connectivity index is 1.39. The van der Waals surface area contributed by atoms with Crippen LogP contribution in [-0.4, -0.2) is 52.8 Å². The summed E-state index contributed by atoms with van der Waals surface area (Å²) in [6.07, 6.45) is 9.89. The van der Waals surface area contributed by atoms with E-state index in [1.165, 1.54) is 12.1 Å². The third kappa shape index (κ3) is 4.62. The number of fused-ring (bicyclic) bond motifs is 1. The lowest BCUT2D eigenvalue weighted by Gasteiger charge is -2.50. The van der Waals surface area contributed by atoms with Crippen molar-refractivity contribution in [2.75, 3.05) is 26.9 Å². The van der Waals surface area contributed by atoms with Crippen LogP contribution in [0.4, 0.5) is 4.39 Å². The molecule has 2 atom stereocenters. The van der Waals surface area contributed by atoms with Gasteiger partial charge in [-0.1, -0.05) is 23.4 Å². The molecule has 7 nitrogen and oxygen atoms in total. The number of hydrogen-bond acceptors (Lipinski definition) is 6. The predicted octanol–water partition coefficient (Wildman–Crippen LogP) is 5.44. The Bertz CT molecular complexity index is 1340. The number of piperidine rings is 1. The molecule has 4 heterocycles. The van der Waals surface area contributed by atoms with Gasteiger partial charge in [0.1, 0.15) is 18.2 Å². The summed E-state index contributed by atoms with van der Waals surface area (Å²) in [5.74, 6) is 1.33. The lowest BCUT2D eigenvalue weighted by atomic mass is 9.81. The van der Waals surface area contributed by atoms with E-state index in [0.29, 0.717) is 6.61 Å². The molecule has 2 aromatic carbocycles. The summed E-state index contributed by atoms with van der Waals surface area (Å²) in [5, 5.41) is 4.51. The van der Waals surface area contributed by atoms with Crippen LogP contribution in [-0.2, 0) is 9.57 Å². The average Bonchev–Trinajstić information content (AvgIpc) is 3.35. The highest BCUT2D eigenvalue weighted by molar-refractivity contribution is 6.03. The van der Waals surface area contributed by atoms with Gasteiger partial charge >= 0.3 is 0 Å². The number of halogens is 1. The van der Waals surface area contributed by atoms with E-state index in [-0.39, 0.29) is 17.5 Å². The van der Waals surface area contributed by atoms with Gasteiger partial charge in [0.25, 0.3) is 0 Å². The summed E-state index contributed by atoms with van der Waals surface area (Å²) in [4.78, 5) is 12.4. The van der Waals surface area contributed by atoms with E-state index in [1.54, 1.807) is 13.4 Å². The number of imidazole rings is 1. The summed E-state index contributed by atoms with van der Waals surface area (Å²) in [6.45, 7) is 3.87. The van der Waals surface area contributed by atoms with Crippen molar-refractivity contribution in [1.82, 2.24) is 14.5 Å². The maximum atomic E-state index is 13.7. The first kappa shape index (κ1) is 23.7. The summed E-state index contributed by atoms with van der Waals surface area (Å²) in [5.41, 5.74) is 4.66. The topological polar surface area (TPSA) is 61.1 Å². The van der Waals surface area contributed by atoms with Gasteiger partial charge in [0.05, 0.1) is 36.5 Å².